The summed E-state index contributed by atoms with van der Waals surface area (Å²) in [5.41, 5.74) is 2.62. The van der Waals surface area contributed by atoms with Crippen LogP contribution >= 0.6 is 11.3 Å². The minimum Gasteiger partial charge on any atom is -0.426 e. The molecule has 3 rings (SSSR count). The van der Waals surface area contributed by atoms with Crippen LogP contribution in [0.3, 0.4) is 0 Å². The first-order valence-corrected chi connectivity index (χ1v) is 14.1. The fourth-order valence-electron chi connectivity index (χ4n) is 5.38. The Labute approximate surface area is 205 Å². The highest BCUT2D eigenvalue weighted by Gasteiger charge is 2.26. The Morgan fingerprint density at radius 3 is 2.58 bits per heavy atom. The first-order chi connectivity index (χ1) is 16.1. The Morgan fingerprint density at radius 2 is 1.88 bits per heavy atom. The lowest BCUT2D eigenvalue weighted by Gasteiger charge is -2.35. The summed E-state index contributed by atoms with van der Waals surface area (Å²) in [6, 6.07) is 11.3. The number of carbonyl (C=O) groups excluding carboxylic acids is 1. The molecular formula is C29H43NO2S. The van der Waals surface area contributed by atoms with E-state index in [1.54, 1.807) is 0 Å². The number of benzene rings is 1. The molecule has 1 heterocycles. The molecule has 0 spiro atoms. The number of nitrogens with zero attached hydrogens (tertiary/aromatic N) is 1. The van der Waals surface area contributed by atoms with E-state index in [0.29, 0.717) is 18.4 Å². The van der Waals surface area contributed by atoms with Crippen LogP contribution in [0.4, 0.5) is 0 Å². The van der Waals surface area contributed by atoms with Gasteiger partial charge in [0.05, 0.1) is 0 Å². The summed E-state index contributed by atoms with van der Waals surface area (Å²) in [7, 11) is 0. The van der Waals surface area contributed by atoms with Crippen LogP contribution in [0.1, 0.15) is 88.1 Å². The molecule has 3 nitrogen and oxygen atoms in total. The lowest BCUT2D eigenvalue weighted by molar-refractivity contribution is -0.134. The van der Waals surface area contributed by atoms with Gasteiger partial charge < -0.3 is 4.74 Å². The van der Waals surface area contributed by atoms with Crippen molar-refractivity contribution in [2.45, 2.75) is 97.4 Å². The summed E-state index contributed by atoms with van der Waals surface area (Å²) < 4.78 is 5.91. The van der Waals surface area contributed by atoms with E-state index in [2.05, 4.69) is 55.3 Å². The third kappa shape index (κ3) is 7.96. The van der Waals surface area contributed by atoms with Crippen molar-refractivity contribution in [3.8, 4) is 5.75 Å². The predicted molar refractivity (Wildman–Crippen MR) is 140 cm³/mol. The molecule has 1 aromatic heterocycles. The molecule has 1 aromatic carbocycles. The Bertz CT molecular complexity index is 826. The zero-order valence-corrected chi connectivity index (χ0v) is 21.8. The molecule has 0 fully saturated rings. The van der Waals surface area contributed by atoms with Gasteiger partial charge in [0.25, 0.3) is 0 Å². The van der Waals surface area contributed by atoms with E-state index < -0.39 is 0 Å². The van der Waals surface area contributed by atoms with Gasteiger partial charge in [0, 0.05) is 23.9 Å². The number of hydrogen-bond donors (Lipinski definition) is 0. The highest BCUT2D eigenvalue weighted by atomic mass is 32.1. The van der Waals surface area contributed by atoms with Crippen LogP contribution in [0.5, 0.6) is 5.75 Å². The van der Waals surface area contributed by atoms with Gasteiger partial charge in [0.2, 0.25) is 0 Å². The molecule has 4 heteroatoms. The van der Waals surface area contributed by atoms with Gasteiger partial charge in [0.1, 0.15) is 5.75 Å². The van der Waals surface area contributed by atoms with Crippen LogP contribution in [-0.4, -0.2) is 30.0 Å². The molecule has 1 unspecified atom stereocenters. The number of esters is 1. The molecule has 33 heavy (non-hydrogen) atoms. The second kappa shape index (κ2) is 13.9. The van der Waals surface area contributed by atoms with E-state index in [-0.39, 0.29) is 5.97 Å². The Morgan fingerprint density at radius 1 is 1.06 bits per heavy atom. The maximum absolute atomic E-state index is 12.6. The zero-order chi connectivity index (χ0) is 23.5. The van der Waals surface area contributed by atoms with E-state index in [9.17, 15) is 4.79 Å². The Hall–Kier alpha value is -1.65. The highest BCUT2D eigenvalue weighted by Crippen LogP contribution is 2.32. The van der Waals surface area contributed by atoms with Crippen molar-refractivity contribution in [2.24, 2.45) is 5.92 Å². The van der Waals surface area contributed by atoms with Gasteiger partial charge in [-0.25, -0.2) is 0 Å². The molecule has 2 aromatic rings. The summed E-state index contributed by atoms with van der Waals surface area (Å²) in [6.45, 7) is 9.01. The second-order valence-corrected chi connectivity index (χ2v) is 10.6. The molecule has 0 saturated heterocycles. The van der Waals surface area contributed by atoms with Crippen molar-refractivity contribution < 1.29 is 9.53 Å². The van der Waals surface area contributed by atoms with Gasteiger partial charge in [-0.15, -0.1) is 11.3 Å². The van der Waals surface area contributed by atoms with Crippen LogP contribution in [0.2, 0.25) is 0 Å². The van der Waals surface area contributed by atoms with Crippen molar-refractivity contribution in [3.05, 3.63) is 51.7 Å². The van der Waals surface area contributed by atoms with Gasteiger partial charge in [-0.1, -0.05) is 64.7 Å². The summed E-state index contributed by atoms with van der Waals surface area (Å²) >= 11 is 1.86. The Balaban J connectivity index is 1.58. The average molecular weight is 470 g/mol. The van der Waals surface area contributed by atoms with Crippen molar-refractivity contribution >= 4 is 17.3 Å². The summed E-state index contributed by atoms with van der Waals surface area (Å²) in [4.78, 5) is 16.8. The topological polar surface area (TPSA) is 29.5 Å². The van der Waals surface area contributed by atoms with Gasteiger partial charge in [-0.2, -0.15) is 0 Å². The number of rotatable bonds is 14. The first kappa shape index (κ1) is 26.0. The van der Waals surface area contributed by atoms with Crippen LogP contribution in [0.25, 0.3) is 0 Å². The van der Waals surface area contributed by atoms with Crippen molar-refractivity contribution in [2.75, 3.05) is 13.1 Å². The number of hydrogen-bond acceptors (Lipinski definition) is 4. The molecule has 0 bridgehead atoms. The van der Waals surface area contributed by atoms with Crippen molar-refractivity contribution in [1.29, 1.82) is 0 Å². The monoisotopic (exact) mass is 469 g/mol. The normalized spacial score (nSPS) is 15.7. The zero-order valence-electron chi connectivity index (χ0n) is 21.0. The quantitative estimate of drug-likeness (QED) is 0.212. The van der Waals surface area contributed by atoms with E-state index in [0.717, 1.165) is 50.9 Å². The largest absolute Gasteiger partial charge is 0.426 e. The molecule has 1 aliphatic carbocycles. The fraction of sp³-hybridized carbons (Fsp3) is 0.621. The first-order valence-electron chi connectivity index (χ1n) is 13.2. The predicted octanol–water partition coefficient (Wildman–Crippen LogP) is 7.46. The molecular weight excluding hydrogens is 426 g/mol. The fourth-order valence-corrected chi connectivity index (χ4v) is 6.08. The minimum atomic E-state index is -0.0636. The third-order valence-corrected chi connectivity index (χ3v) is 7.98. The smallest absolute Gasteiger partial charge is 0.311 e. The molecule has 0 aliphatic heterocycles. The maximum Gasteiger partial charge on any atom is 0.311 e. The molecule has 1 aliphatic rings. The third-order valence-electron chi connectivity index (χ3n) is 7.04. The maximum atomic E-state index is 12.6. The van der Waals surface area contributed by atoms with E-state index >= 15 is 0 Å². The van der Waals surface area contributed by atoms with Gasteiger partial charge in [0.15, 0.2) is 0 Å². The lowest BCUT2D eigenvalue weighted by atomic mass is 9.86. The SMILES string of the molecule is CCCC(CCC)CCC(=O)Oc1cccc2c1CCC(N(CCC)CCc1cccs1)C2. The minimum absolute atomic E-state index is 0.0636. The van der Waals surface area contributed by atoms with E-state index in [1.807, 2.05) is 17.4 Å². The summed E-state index contributed by atoms with van der Waals surface area (Å²) in [5, 5.41) is 2.17. The number of ether oxygens (including phenoxy) is 1. The second-order valence-electron chi connectivity index (χ2n) is 9.61. The van der Waals surface area contributed by atoms with Crippen LogP contribution < -0.4 is 4.74 Å². The number of thiophene rings is 1. The van der Waals surface area contributed by atoms with Gasteiger partial charge >= 0.3 is 5.97 Å². The van der Waals surface area contributed by atoms with Crippen LogP contribution in [-0.2, 0) is 24.1 Å². The Kier molecular flexibility index (Phi) is 10.9. The molecule has 1 atom stereocenters. The molecule has 0 saturated carbocycles. The van der Waals surface area contributed by atoms with Crippen molar-refractivity contribution in [1.82, 2.24) is 4.90 Å². The summed E-state index contributed by atoms with van der Waals surface area (Å²) in [5.74, 6) is 1.39. The molecule has 0 N–H and O–H groups in total. The van der Waals surface area contributed by atoms with Crippen LogP contribution in [0, 0.1) is 5.92 Å². The van der Waals surface area contributed by atoms with Gasteiger partial charge in [-0.3, -0.25) is 9.69 Å². The highest BCUT2D eigenvalue weighted by molar-refractivity contribution is 7.09. The molecule has 182 valence electrons. The molecule has 0 radical (unpaired) electrons. The van der Waals surface area contributed by atoms with Gasteiger partial charge in [-0.05, 0) is 79.6 Å². The lowest BCUT2D eigenvalue weighted by Crippen LogP contribution is -2.41. The summed E-state index contributed by atoms with van der Waals surface area (Å²) in [6.07, 6.45) is 11.8. The van der Waals surface area contributed by atoms with E-state index in [1.165, 1.54) is 48.1 Å². The van der Waals surface area contributed by atoms with Crippen molar-refractivity contribution in [3.63, 3.8) is 0 Å². The van der Waals surface area contributed by atoms with Crippen LogP contribution in [0.15, 0.2) is 35.7 Å². The standard InChI is InChI=1S/C29H43NO2S/c1-4-9-23(10-5-2)14-17-29(31)32-28-13-7-11-24-22-25(15-16-27(24)28)30(19-6-3)20-18-26-12-8-21-33-26/h7-8,11-13,21,23,25H,4-6,9-10,14-20,22H2,1-3H3. The number of carbonyl (C=O) groups is 1. The average Bonchev–Trinajstić information content (AvgIpc) is 3.34. The molecule has 0 amide bonds. The number of fused-ring (bicyclic) bond motifs is 1. The van der Waals surface area contributed by atoms with E-state index in [4.69, 9.17) is 4.74 Å².